The van der Waals surface area contributed by atoms with Crippen LogP contribution in [0, 0.1) is 0 Å². The van der Waals surface area contributed by atoms with Gasteiger partial charge in [0.2, 0.25) is 0 Å². The Balaban J connectivity index is 2.05. The van der Waals surface area contributed by atoms with Gasteiger partial charge in [-0.15, -0.1) is 0 Å². The van der Waals surface area contributed by atoms with Crippen LogP contribution in [0.2, 0.25) is 0 Å². The fourth-order valence-corrected chi connectivity index (χ4v) is 1.33. The van der Waals surface area contributed by atoms with Gasteiger partial charge < -0.3 is 15.0 Å². The zero-order valence-electron chi connectivity index (χ0n) is 8.18. The van der Waals surface area contributed by atoms with E-state index in [-0.39, 0.29) is 0 Å². The number of hydrogen-bond donors (Lipinski definition) is 1. The van der Waals surface area contributed by atoms with Crippen molar-refractivity contribution in [2.45, 2.75) is 19.4 Å². The molecular weight excluding hydrogens is 152 g/mol. The Labute approximate surface area is 75.1 Å². The molecular formula is C9H20N2O. The standard InChI is InChI=1S/C9H20N2O/c1-3-11(2)6-4-9-8-10-5-7-12-9/h9-10H,3-8H2,1-2H3. The Morgan fingerprint density at radius 2 is 2.42 bits per heavy atom. The maximum atomic E-state index is 5.58. The average Bonchev–Trinajstić information content (AvgIpc) is 2.16. The first-order valence-corrected chi connectivity index (χ1v) is 4.83. The van der Waals surface area contributed by atoms with Crippen LogP contribution >= 0.6 is 0 Å². The van der Waals surface area contributed by atoms with E-state index in [9.17, 15) is 0 Å². The first-order chi connectivity index (χ1) is 5.83. The van der Waals surface area contributed by atoms with Crippen LogP contribution in [0.15, 0.2) is 0 Å². The van der Waals surface area contributed by atoms with Crippen molar-refractivity contribution in [1.29, 1.82) is 0 Å². The lowest BCUT2D eigenvalue weighted by molar-refractivity contribution is 0.0190. The zero-order chi connectivity index (χ0) is 8.81. The van der Waals surface area contributed by atoms with E-state index in [0.717, 1.165) is 39.2 Å². The summed E-state index contributed by atoms with van der Waals surface area (Å²) in [6, 6.07) is 0. The van der Waals surface area contributed by atoms with Gasteiger partial charge in [0.05, 0.1) is 12.7 Å². The molecule has 0 aromatic heterocycles. The molecule has 1 heterocycles. The van der Waals surface area contributed by atoms with E-state index >= 15 is 0 Å². The quantitative estimate of drug-likeness (QED) is 0.661. The molecule has 0 amide bonds. The van der Waals surface area contributed by atoms with Gasteiger partial charge in [0.1, 0.15) is 0 Å². The third kappa shape index (κ3) is 3.52. The van der Waals surface area contributed by atoms with E-state index in [0.29, 0.717) is 6.10 Å². The molecule has 0 spiro atoms. The van der Waals surface area contributed by atoms with E-state index in [1.807, 2.05) is 0 Å². The summed E-state index contributed by atoms with van der Waals surface area (Å²) in [4.78, 5) is 2.32. The molecule has 72 valence electrons. The molecule has 1 aliphatic rings. The summed E-state index contributed by atoms with van der Waals surface area (Å²) in [5.41, 5.74) is 0. The Morgan fingerprint density at radius 3 is 3.00 bits per heavy atom. The van der Waals surface area contributed by atoms with Crippen molar-refractivity contribution >= 4 is 0 Å². The summed E-state index contributed by atoms with van der Waals surface area (Å²) in [7, 11) is 2.15. The van der Waals surface area contributed by atoms with Crippen LogP contribution in [-0.4, -0.2) is 50.8 Å². The monoisotopic (exact) mass is 172 g/mol. The highest BCUT2D eigenvalue weighted by atomic mass is 16.5. The molecule has 0 aromatic carbocycles. The van der Waals surface area contributed by atoms with Gasteiger partial charge >= 0.3 is 0 Å². The highest BCUT2D eigenvalue weighted by Crippen LogP contribution is 2.01. The molecule has 0 radical (unpaired) electrons. The van der Waals surface area contributed by atoms with Crippen molar-refractivity contribution in [2.75, 3.05) is 39.8 Å². The fourth-order valence-electron chi connectivity index (χ4n) is 1.33. The maximum Gasteiger partial charge on any atom is 0.0712 e. The SMILES string of the molecule is CCN(C)CCC1CNCCO1. The largest absolute Gasteiger partial charge is 0.376 e. The molecule has 3 heteroatoms. The summed E-state index contributed by atoms with van der Waals surface area (Å²) in [5, 5.41) is 3.33. The number of nitrogens with one attached hydrogen (secondary N) is 1. The van der Waals surface area contributed by atoms with Gasteiger partial charge in [0.15, 0.2) is 0 Å². The lowest BCUT2D eigenvalue weighted by Crippen LogP contribution is -2.40. The molecule has 1 saturated heterocycles. The third-order valence-corrected chi connectivity index (χ3v) is 2.38. The van der Waals surface area contributed by atoms with Crippen molar-refractivity contribution in [3.05, 3.63) is 0 Å². The van der Waals surface area contributed by atoms with E-state index < -0.39 is 0 Å². The summed E-state index contributed by atoms with van der Waals surface area (Å²) in [6.45, 7) is 7.36. The van der Waals surface area contributed by atoms with Gasteiger partial charge in [-0.2, -0.15) is 0 Å². The van der Waals surface area contributed by atoms with Gasteiger partial charge in [-0.25, -0.2) is 0 Å². The molecule has 0 bridgehead atoms. The van der Waals surface area contributed by atoms with Crippen molar-refractivity contribution in [1.82, 2.24) is 10.2 Å². The number of nitrogens with zero attached hydrogens (tertiary/aromatic N) is 1. The Morgan fingerprint density at radius 1 is 1.58 bits per heavy atom. The molecule has 0 saturated carbocycles. The van der Waals surface area contributed by atoms with Gasteiger partial charge in [0.25, 0.3) is 0 Å². The number of ether oxygens (including phenoxy) is 1. The van der Waals surface area contributed by atoms with Crippen LogP contribution in [0.3, 0.4) is 0 Å². The minimum absolute atomic E-state index is 0.438. The molecule has 1 fully saturated rings. The van der Waals surface area contributed by atoms with E-state index in [1.54, 1.807) is 0 Å². The molecule has 1 rings (SSSR count). The molecule has 1 aliphatic heterocycles. The summed E-state index contributed by atoms with van der Waals surface area (Å²) >= 11 is 0. The van der Waals surface area contributed by atoms with E-state index in [1.165, 1.54) is 0 Å². The van der Waals surface area contributed by atoms with Crippen molar-refractivity contribution in [3.8, 4) is 0 Å². The second-order valence-electron chi connectivity index (χ2n) is 3.38. The maximum absolute atomic E-state index is 5.58. The van der Waals surface area contributed by atoms with Crippen LogP contribution in [-0.2, 0) is 4.74 Å². The van der Waals surface area contributed by atoms with Crippen LogP contribution in [0.25, 0.3) is 0 Å². The van der Waals surface area contributed by atoms with Crippen LogP contribution in [0.4, 0.5) is 0 Å². The number of morpholine rings is 1. The molecule has 3 nitrogen and oxygen atoms in total. The highest BCUT2D eigenvalue weighted by molar-refractivity contribution is 4.68. The number of rotatable bonds is 4. The first-order valence-electron chi connectivity index (χ1n) is 4.83. The Bertz CT molecular complexity index is 113. The fraction of sp³-hybridized carbons (Fsp3) is 1.00. The van der Waals surface area contributed by atoms with Crippen molar-refractivity contribution in [2.24, 2.45) is 0 Å². The van der Waals surface area contributed by atoms with Crippen LogP contribution in [0.1, 0.15) is 13.3 Å². The summed E-state index contributed by atoms with van der Waals surface area (Å²) in [6.07, 6.45) is 1.59. The predicted octanol–water partition coefficient (Wildman–Crippen LogP) is 0.317. The van der Waals surface area contributed by atoms with Crippen LogP contribution < -0.4 is 5.32 Å². The topological polar surface area (TPSA) is 24.5 Å². The molecule has 1 N–H and O–H groups in total. The van der Waals surface area contributed by atoms with E-state index in [2.05, 4.69) is 24.2 Å². The van der Waals surface area contributed by atoms with Crippen molar-refractivity contribution in [3.63, 3.8) is 0 Å². The number of hydrogen-bond acceptors (Lipinski definition) is 3. The minimum atomic E-state index is 0.438. The molecule has 0 aromatic rings. The smallest absolute Gasteiger partial charge is 0.0712 e. The zero-order valence-corrected chi connectivity index (χ0v) is 8.18. The van der Waals surface area contributed by atoms with Gasteiger partial charge in [-0.1, -0.05) is 6.92 Å². The molecule has 12 heavy (non-hydrogen) atoms. The normalized spacial score (nSPS) is 24.8. The second kappa shape index (κ2) is 5.51. The summed E-state index contributed by atoms with van der Waals surface area (Å²) < 4.78 is 5.58. The lowest BCUT2D eigenvalue weighted by Gasteiger charge is -2.25. The van der Waals surface area contributed by atoms with Crippen LogP contribution in [0.5, 0.6) is 0 Å². The van der Waals surface area contributed by atoms with Gasteiger partial charge in [0, 0.05) is 19.6 Å². The molecule has 1 atom stereocenters. The van der Waals surface area contributed by atoms with E-state index in [4.69, 9.17) is 4.74 Å². The Hall–Kier alpha value is -0.120. The third-order valence-electron chi connectivity index (χ3n) is 2.38. The van der Waals surface area contributed by atoms with Gasteiger partial charge in [-0.05, 0) is 20.0 Å². The van der Waals surface area contributed by atoms with Gasteiger partial charge in [-0.3, -0.25) is 0 Å². The summed E-state index contributed by atoms with van der Waals surface area (Å²) in [5.74, 6) is 0. The minimum Gasteiger partial charge on any atom is -0.376 e. The second-order valence-corrected chi connectivity index (χ2v) is 3.38. The molecule has 0 aliphatic carbocycles. The lowest BCUT2D eigenvalue weighted by atomic mass is 10.2. The molecule has 1 unspecified atom stereocenters. The van der Waals surface area contributed by atoms with Crippen molar-refractivity contribution < 1.29 is 4.74 Å². The average molecular weight is 172 g/mol. The first kappa shape index (κ1) is 9.96. The Kier molecular flexibility index (Phi) is 4.58. The predicted molar refractivity (Wildman–Crippen MR) is 50.4 cm³/mol. The highest BCUT2D eigenvalue weighted by Gasteiger charge is 2.12.